The highest BCUT2D eigenvalue weighted by Gasteiger charge is 2.43. The second kappa shape index (κ2) is 10.7. The molecular weight excluding hydrogens is 547 g/mol. The maximum Gasteiger partial charge on any atom is 0.261 e. The first-order valence-corrected chi connectivity index (χ1v) is 13.8. The number of halogens is 3. The Balaban J connectivity index is 1.12. The van der Waals surface area contributed by atoms with Crippen molar-refractivity contribution < 1.29 is 32.3 Å². The van der Waals surface area contributed by atoms with Crippen molar-refractivity contribution in [1.82, 2.24) is 9.80 Å². The first-order valence-electron chi connectivity index (χ1n) is 13.8. The lowest BCUT2D eigenvalue weighted by atomic mass is 9.85. The Labute approximate surface area is 240 Å². The lowest BCUT2D eigenvalue weighted by molar-refractivity contribution is 0.0544. The van der Waals surface area contributed by atoms with Crippen LogP contribution in [0.4, 0.5) is 13.2 Å². The van der Waals surface area contributed by atoms with Crippen molar-refractivity contribution in [3.63, 3.8) is 0 Å². The highest BCUT2D eigenvalue weighted by molar-refractivity contribution is 6.21. The Hall–Kier alpha value is -4.47. The van der Waals surface area contributed by atoms with Crippen LogP contribution in [-0.2, 0) is 13.0 Å². The normalized spacial score (nSPS) is 21.2. The molecule has 10 heteroatoms. The number of hydrogen-bond acceptors (Lipinski definition) is 4. The third-order valence-electron chi connectivity index (χ3n) is 8.55. The molecule has 3 aliphatic heterocycles. The van der Waals surface area contributed by atoms with Crippen LogP contribution < -0.4 is 5.73 Å². The number of primary amides is 1. The van der Waals surface area contributed by atoms with Gasteiger partial charge in [-0.1, -0.05) is 24.3 Å². The second-order valence-corrected chi connectivity index (χ2v) is 11.1. The molecule has 6 rings (SSSR count). The lowest BCUT2D eigenvalue weighted by Crippen LogP contribution is -2.46. The Morgan fingerprint density at radius 2 is 1.52 bits per heavy atom. The maximum absolute atomic E-state index is 14.7. The summed E-state index contributed by atoms with van der Waals surface area (Å²) >= 11 is 0. The summed E-state index contributed by atoms with van der Waals surface area (Å²) in [5.41, 5.74) is 5.67. The molecule has 7 nitrogen and oxygen atoms in total. The van der Waals surface area contributed by atoms with E-state index >= 15 is 0 Å². The molecular formula is C32H27F3N3O4. The van der Waals surface area contributed by atoms with Gasteiger partial charge in [-0.25, -0.2) is 13.2 Å². The standard InChI is InChI=1S/C32H27F3N3O4/c33-25-15-19(27(34)26(28(25)35)29(36)39)9-8-17-13-21-10-11-22(14-17)38(21)30(40)20-5-3-4-18(12-20)16-37-31(41)23-6-1-2-7-24(23)32(37)42/h1-8,12,15,17,21-22H,9-11,13-14,16H2,(H2,36,39)/t17-,21-,22+. The van der Waals surface area contributed by atoms with E-state index in [0.29, 0.717) is 35.1 Å². The number of rotatable bonds is 7. The molecule has 1 radical (unpaired) electrons. The number of fused-ring (bicyclic) bond motifs is 3. The average molecular weight is 575 g/mol. The van der Waals surface area contributed by atoms with Gasteiger partial charge in [-0.15, -0.1) is 0 Å². The fraction of sp³-hybridized carbons (Fsp3) is 0.281. The van der Waals surface area contributed by atoms with Gasteiger partial charge in [0, 0.05) is 17.6 Å². The van der Waals surface area contributed by atoms with E-state index in [1.54, 1.807) is 48.5 Å². The Kier molecular flexibility index (Phi) is 7.08. The topological polar surface area (TPSA) is 101 Å². The highest BCUT2D eigenvalue weighted by atomic mass is 19.2. The minimum absolute atomic E-state index is 0.0104. The minimum Gasteiger partial charge on any atom is -0.365 e. The van der Waals surface area contributed by atoms with Crippen LogP contribution in [0.25, 0.3) is 0 Å². The van der Waals surface area contributed by atoms with E-state index in [0.717, 1.165) is 18.9 Å². The number of carbonyl (C=O) groups excluding carboxylic acids is 4. The van der Waals surface area contributed by atoms with Crippen molar-refractivity contribution in [1.29, 1.82) is 0 Å². The third-order valence-corrected chi connectivity index (χ3v) is 8.55. The molecule has 0 aromatic heterocycles. The number of nitrogens with two attached hydrogens (primary N) is 1. The van der Waals surface area contributed by atoms with Crippen LogP contribution in [0.1, 0.15) is 78.2 Å². The Morgan fingerprint density at radius 1 is 0.881 bits per heavy atom. The van der Waals surface area contributed by atoms with E-state index in [9.17, 15) is 32.3 Å². The third kappa shape index (κ3) is 4.74. The van der Waals surface area contributed by atoms with E-state index in [2.05, 4.69) is 0 Å². The first kappa shape index (κ1) is 27.7. The van der Waals surface area contributed by atoms with Gasteiger partial charge in [0.15, 0.2) is 11.6 Å². The van der Waals surface area contributed by atoms with Crippen LogP contribution in [0.15, 0.2) is 54.6 Å². The smallest absolute Gasteiger partial charge is 0.261 e. The Bertz CT molecular complexity index is 1590. The van der Waals surface area contributed by atoms with Gasteiger partial charge in [-0.3, -0.25) is 24.1 Å². The van der Waals surface area contributed by atoms with Crippen LogP contribution >= 0.6 is 0 Å². The summed E-state index contributed by atoms with van der Waals surface area (Å²) in [5.74, 6) is -6.31. The van der Waals surface area contributed by atoms with E-state index in [-0.39, 0.29) is 54.3 Å². The second-order valence-electron chi connectivity index (χ2n) is 11.1. The molecule has 3 heterocycles. The van der Waals surface area contributed by atoms with Crippen LogP contribution in [0, 0.1) is 29.8 Å². The molecule has 0 spiro atoms. The SMILES string of the molecule is NC(=O)c1c(F)c(F)cc(C[CH][C@@H]2C[C@H]3CC[C@@H](C2)N3C(=O)c2cccc(CN3C(=O)c4ccccc4C3=O)c2)c1F. The van der Waals surface area contributed by atoms with Crippen molar-refractivity contribution in [2.75, 3.05) is 0 Å². The number of benzene rings is 3. The predicted octanol–water partition coefficient (Wildman–Crippen LogP) is 4.83. The van der Waals surface area contributed by atoms with Gasteiger partial charge in [0.1, 0.15) is 11.4 Å². The van der Waals surface area contributed by atoms with Crippen LogP contribution in [-0.4, -0.2) is 45.5 Å². The molecule has 215 valence electrons. The van der Waals surface area contributed by atoms with E-state index in [4.69, 9.17) is 5.73 Å². The molecule has 2 fully saturated rings. The molecule has 0 unspecified atom stereocenters. The van der Waals surface area contributed by atoms with Crippen molar-refractivity contribution in [3.8, 4) is 0 Å². The summed E-state index contributed by atoms with van der Waals surface area (Å²) in [5, 5.41) is 0. The monoisotopic (exact) mass is 574 g/mol. The summed E-state index contributed by atoms with van der Waals surface area (Å²) in [6, 6.07) is 14.3. The van der Waals surface area contributed by atoms with Crippen molar-refractivity contribution in [2.24, 2.45) is 11.7 Å². The lowest BCUT2D eigenvalue weighted by Gasteiger charge is -2.39. The van der Waals surface area contributed by atoms with E-state index in [1.165, 1.54) is 4.90 Å². The van der Waals surface area contributed by atoms with Crippen molar-refractivity contribution in [2.45, 2.75) is 50.7 Å². The highest BCUT2D eigenvalue weighted by Crippen LogP contribution is 2.41. The zero-order valence-electron chi connectivity index (χ0n) is 22.5. The predicted molar refractivity (Wildman–Crippen MR) is 146 cm³/mol. The van der Waals surface area contributed by atoms with Crippen molar-refractivity contribution in [3.05, 3.63) is 112 Å². The summed E-state index contributed by atoms with van der Waals surface area (Å²) < 4.78 is 42.6. The number of amides is 4. The quantitative estimate of drug-likeness (QED) is 0.323. The number of nitrogens with zero attached hydrogens (tertiary/aromatic N) is 2. The molecule has 2 saturated heterocycles. The van der Waals surface area contributed by atoms with Gasteiger partial charge < -0.3 is 10.6 Å². The van der Waals surface area contributed by atoms with Gasteiger partial charge in [0.05, 0.1) is 17.7 Å². The average Bonchev–Trinajstić information content (AvgIpc) is 3.38. The van der Waals surface area contributed by atoms with Crippen LogP contribution in [0.2, 0.25) is 0 Å². The molecule has 3 atom stereocenters. The van der Waals surface area contributed by atoms with Gasteiger partial charge in [0.25, 0.3) is 23.6 Å². The number of imide groups is 1. The summed E-state index contributed by atoms with van der Waals surface area (Å²) in [7, 11) is 0. The maximum atomic E-state index is 14.7. The van der Waals surface area contributed by atoms with Crippen LogP contribution in [0.5, 0.6) is 0 Å². The molecule has 0 saturated carbocycles. The van der Waals surface area contributed by atoms with Gasteiger partial charge >= 0.3 is 0 Å². The zero-order valence-corrected chi connectivity index (χ0v) is 22.5. The number of hydrogen-bond donors (Lipinski definition) is 1. The summed E-state index contributed by atoms with van der Waals surface area (Å²) in [6.45, 7) is 0.0510. The molecule has 42 heavy (non-hydrogen) atoms. The van der Waals surface area contributed by atoms with E-state index < -0.39 is 28.9 Å². The minimum atomic E-state index is -1.60. The summed E-state index contributed by atoms with van der Waals surface area (Å²) in [4.78, 5) is 53.8. The van der Waals surface area contributed by atoms with E-state index in [1.807, 2.05) is 11.3 Å². The fourth-order valence-corrected chi connectivity index (χ4v) is 6.57. The summed E-state index contributed by atoms with van der Waals surface area (Å²) in [6.07, 6.45) is 4.69. The molecule has 0 aliphatic carbocycles. The number of carbonyl (C=O) groups is 4. The largest absolute Gasteiger partial charge is 0.365 e. The fourth-order valence-electron chi connectivity index (χ4n) is 6.57. The van der Waals surface area contributed by atoms with Gasteiger partial charge in [0.2, 0.25) is 0 Å². The van der Waals surface area contributed by atoms with Crippen LogP contribution in [0.3, 0.4) is 0 Å². The molecule has 3 aromatic carbocycles. The van der Waals surface area contributed by atoms with Gasteiger partial charge in [-0.05, 0) is 85.9 Å². The molecule has 4 amide bonds. The van der Waals surface area contributed by atoms with Crippen molar-refractivity contribution >= 4 is 23.6 Å². The zero-order chi connectivity index (χ0) is 29.7. The molecule has 2 bridgehead atoms. The molecule has 2 N–H and O–H groups in total. The molecule has 3 aliphatic rings. The Morgan fingerprint density at radius 3 is 2.14 bits per heavy atom. The first-order chi connectivity index (χ1) is 20.1. The molecule has 3 aromatic rings. The number of piperidine rings is 1. The van der Waals surface area contributed by atoms with Gasteiger partial charge in [-0.2, -0.15) is 0 Å².